The number of esters is 2. The molecule has 5 heteroatoms. The third kappa shape index (κ3) is 4.71. The van der Waals surface area contributed by atoms with Gasteiger partial charge in [-0.2, -0.15) is 0 Å². The van der Waals surface area contributed by atoms with E-state index >= 15 is 0 Å². The van der Waals surface area contributed by atoms with Crippen molar-refractivity contribution in [1.82, 2.24) is 0 Å². The predicted molar refractivity (Wildman–Crippen MR) is 87.3 cm³/mol. The predicted octanol–water partition coefficient (Wildman–Crippen LogP) is 3.15. The molecule has 0 aliphatic heterocycles. The maximum Gasteiger partial charge on any atom is 0.323 e. The minimum Gasteiger partial charge on any atom is -0.494 e. The Hall–Kier alpha value is -2.04. The third-order valence-corrected chi connectivity index (χ3v) is 3.68. The molecule has 0 aliphatic carbocycles. The molecule has 0 amide bonds. The smallest absolute Gasteiger partial charge is 0.323 e. The lowest BCUT2D eigenvalue weighted by atomic mass is 9.79. The highest BCUT2D eigenvalue weighted by atomic mass is 16.6. The van der Waals surface area contributed by atoms with E-state index in [0.717, 1.165) is 11.3 Å². The minimum atomic E-state index is -1.31. The van der Waals surface area contributed by atoms with Crippen molar-refractivity contribution in [2.45, 2.75) is 40.5 Å². The molecule has 0 heterocycles. The monoisotopic (exact) mass is 322 g/mol. The molecule has 0 bridgehead atoms. The first kappa shape index (κ1) is 19.0. The summed E-state index contributed by atoms with van der Waals surface area (Å²) in [5.41, 5.74) is -0.449. The van der Waals surface area contributed by atoms with Crippen LogP contribution >= 0.6 is 0 Å². The maximum absolute atomic E-state index is 12.4. The topological polar surface area (TPSA) is 61.8 Å². The summed E-state index contributed by atoms with van der Waals surface area (Å²) < 4.78 is 15.7. The van der Waals surface area contributed by atoms with E-state index in [1.807, 2.05) is 31.2 Å². The molecule has 23 heavy (non-hydrogen) atoms. The van der Waals surface area contributed by atoms with Crippen LogP contribution in [0.3, 0.4) is 0 Å². The first-order valence-corrected chi connectivity index (χ1v) is 8.10. The number of rotatable bonds is 9. The molecule has 0 saturated carbocycles. The quantitative estimate of drug-likeness (QED) is 0.516. The van der Waals surface area contributed by atoms with Gasteiger partial charge in [-0.3, -0.25) is 9.59 Å². The van der Waals surface area contributed by atoms with Crippen molar-refractivity contribution in [2.24, 2.45) is 5.41 Å². The lowest BCUT2D eigenvalue weighted by Gasteiger charge is -2.28. The Bertz CT molecular complexity index is 489. The van der Waals surface area contributed by atoms with E-state index in [2.05, 4.69) is 0 Å². The van der Waals surface area contributed by atoms with Crippen LogP contribution in [0.2, 0.25) is 0 Å². The summed E-state index contributed by atoms with van der Waals surface area (Å²) in [6.45, 7) is 8.19. The molecule has 0 aliphatic rings. The van der Waals surface area contributed by atoms with Gasteiger partial charge in [-0.15, -0.1) is 0 Å². The third-order valence-electron chi connectivity index (χ3n) is 3.68. The molecule has 1 aromatic rings. The van der Waals surface area contributed by atoms with Gasteiger partial charge in [0.25, 0.3) is 0 Å². The van der Waals surface area contributed by atoms with E-state index in [-0.39, 0.29) is 19.6 Å². The molecule has 0 N–H and O–H groups in total. The zero-order valence-electron chi connectivity index (χ0n) is 14.4. The van der Waals surface area contributed by atoms with Gasteiger partial charge in [0, 0.05) is 0 Å². The Kier molecular flexibility index (Phi) is 7.59. The van der Waals surface area contributed by atoms with Crippen LogP contribution in [0.15, 0.2) is 24.3 Å². The average Bonchev–Trinajstić information content (AvgIpc) is 2.55. The number of hydrogen-bond donors (Lipinski definition) is 0. The SMILES string of the molecule is CCOC(=O)C(CC)(Cc1ccc(OCC)cc1)C(=O)OCC. The van der Waals surface area contributed by atoms with Gasteiger partial charge in [0.05, 0.1) is 19.8 Å². The number of hydrogen-bond acceptors (Lipinski definition) is 5. The lowest BCUT2D eigenvalue weighted by molar-refractivity contribution is -0.172. The van der Waals surface area contributed by atoms with E-state index < -0.39 is 17.4 Å². The molecule has 1 aromatic carbocycles. The largest absolute Gasteiger partial charge is 0.494 e. The van der Waals surface area contributed by atoms with Crippen LogP contribution in [0.4, 0.5) is 0 Å². The second-order valence-electron chi connectivity index (χ2n) is 5.13. The van der Waals surface area contributed by atoms with Crippen LogP contribution in [0.5, 0.6) is 5.75 Å². The van der Waals surface area contributed by atoms with Gasteiger partial charge < -0.3 is 14.2 Å². The van der Waals surface area contributed by atoms with Crippen molar-refractivity contribution in [2.75, 3.05) is 19.8 Å². The summed E-state index contributed by atoms with van der Waals surface area (Å²) in [5.74, 6) is -0.310. The van der Waals surface area contributed by atoms with Gasteiger partial charge in [0.2, 0.25) is 0 Å². The molecule has 0 unspecified atom stereocenters. The molecule has 5 nitrogen and oxygen atoms in total. The molecule has 0 fully saturated rings. The van der Waals surface area contributed by atoms with Crippen molar-refractivity contribution in [3.63, 3.8) is 0 Å². The van der Waals surface area contributed by atoms with Gasteiger partial charge in [-0.25, -0.2) is 0 Å². The van der Waals surface area contributed by atoms with Crippen molar-refractivity contribution >= 4 is 11.9 Å². The summed E-state index contributed by atoms with van der Waals surface area (Å²) in [5, 5.41) is 0. The zero-order valence-corrected chi connectivity index (χ0v) is 14.4. The second kappa shape index (κ2) is 9.18. The molecule has 0 radical (unpaired) electrons. The normalized spacial score (nSPS) is 11.0. The maximum atomic E-state index is 12.4. The van der Waals surface area contributed by atoms with E-state index in [0.29, 0.717) is 13.0 Å². The van der Waals surface area contributed by atoms with Gasteiger partial charge in [0.1, 0.15) is 5.75 Å². The highest BCUT2D eigenvalue weighted by Crippen LogP contribution is 2.31. The van der Waals surface area contributed by atoms with Gasteiger partial charge in [-0.05, 0) is 51.3 Å². The Labute approximate surface area is 137 Å². The van der Waals surface area contributed by atoms with Crippen LogP contribution in [-0.4, -0.2) is 31.8 Å². The fourth-order valence-corrected chi connectivity index (χ4v) is 2.40. The molecule has 0 saturated heterocycles. The molecule has 0 spiro atoms. The fourth-order valence-electron chi connectivity index (χ4n) is 2.40. The zero-order chi connectivity index (χ0) is 17.3. The van der Waals surface area contributed by atoms with Crippen LogP contribution in [0.1, 0.15) is 39.7 Å². The number of carbonyl (C=O) groups excluding carboxylic acids is 2. The number of carbonyl (C=O) groups is 2. The summed E-state index contributed by atoms with van der Waals surface area (Å²) >= 11 is 0. The Morgan fingerprint density at radius 2 is 1.39 bits per heavy atom. The number of benzene rings is 1. The van der Waals surface area contributed by atoms with Crippen LogP contribution < -0.4 is 4.74 Å². The molecular formula is C18H26O5. The standard InChI is InChI=1S/C18H26O5/c1-5-18(16(19)22-7-3,17(20)23-8-4)13-14-9-11-15(12-10-14)21-6-2/h9-12H,5-8,13H2,1-4H3. The number of ether oxygens (including phenoxy) is 3. The van der Waals surface area contributed by atoms with Crippen molar-refractivity contribution in [3.8, 4) is 5.75 Å². The van der Waals surface area contributed by atoms with E-state index in [9.17, 15) is 9.59 Å². The van der Waals surface area contributed by atoms with Crippen LogP contribution in [0.25, 0.3) is 0 Å². The summed E-state index contributed by atoms with van der Waals surface area (Å²) in [4.78, 5) is 24.9. The van der Waals surface area contributed by atoms with Crippen molar-refractivity contribution in [1.29, 1.82) is 0 Å². The highest BCUT2D eigenvalue weighted by Gasteiger charge is 2.47. The molecule has 0 atom stereocenters. The summed E-state index contributed by atoms with van der Waals surface area (Å²) in [7, 11) is 0. The first-order chi connectivity index (χ1) is 11.0. The Morgan fingerprint density at radius 3 is 1.78 bits per heavy atom. The molecular weight excluding hydrogens is 296 g/mol. The highest BCUT2D eigenvalue weighted by molar-refractivity contribution is 6.00. The first-order valence-electron chi connectivity index (χ1n) is 8.10. The summed E-state index contributed by atoms with van der Waals surface area (Å²) in [6.07, 6.45) is 0.561. The van der Waals surface area contributed by atoms with Gasteiger partial charge in [-0.1, -0.05) is 19.1 Å². The molecule has 128 valence electrons. The summed E-state index contributed by atoms with van der Waals surface area (Å²) in [6, 6.07) is 7.37. The lowest BCUT2D eigenvalue weighted by Crippen LogP contribution is -2.43. The average molecular weight is 322 g/mol. The van der Waals surface area contributed by atoms with E-state index in [1.54, 1.807) is 20.8 Å². The minimum absolute atomic E-state index is 0.225. The fraction of sp³-hybridized carbons (Fsp3) is 0.556. The van der Waals surface area contributed by atoms with Crippen molar-refractivity contribution in [3.05, 3.63) is 29.8 Å². The Balaban J connectivity index is 3.07. The van der Waals surface area contributed by atoms with Crippen molar-refractivity contribution < 1.29 is 23.8 Å². The molecule has 1 rings (SSSR count). The van der Waals surface area contributed by atoms with Gasteiger partial charge in [0.15, 0.2) is 5.41 Å². The van der Waals surface area contributed by atoms with Crippen LogP contribution in [-0.2, 0) is 25.5 Å². The van der Waals surface area contributed by atoms with E-state index in [4.69, 9.17) is 14.2 Å². The van der Waals surface area contributed by atoms with Crippen LogP contribution in [0, 0.1) is 5.41 Å². The molecule has 0 aromatic heterocycles. The van der Waals surface area contributed by atoms with Gasteiger partial charge >= 0.3 is 11.9 Å². The Morgan fingerprint density at radius 1 is 0.870 bits per heavy atom. The van der Waals surface area contributed by atoms with E-state index in [1.165, 1.54) is 0 Å². The second-order valence-corrected chi connectivity index (χ2v) is 5.13.